The molecule has 2 aliphatic rings. The van der Waals surface area contributed by atoms with Crippen molar-refractivity contribution in [2.45, 2.75) is 25.3 Å². The second-order valence-corrected chi connectivity index (χ2v) is 6.39. The molecule has 1 amide bonds. The van der Waals surface area contributed by atoms with Gasteiger partial charge in [0, 0.05) is 63.4 Å². The zero-order chi connectivity index (χ0) is 16.6. The van der Waals surface area contributed by atoms with Gasteiger partial charge in [0.25, 0.3) is 5.91 Å². The highest BCUT2D eigenvalue weighted by atomic mass is 16.5. The molecule has 2 aliphatic heterocycles. The zero-order valence-electron chi connectivity index (χ0n) is 14.2. The molecule has 1 aromatic heterocycles. The summed E-state index contributed by atoms with van der Waals surface area (Å²) in [5.41, 5.74) is 0.725. The molecule has 0 saturated carbocycles. The summed E-state index contributed by atoms with van der Waals surface area (Å²) in [6, 6.07) is 3.89. The van der Waals surface area contributed by atoms with Gasteiger partial charge in [-0.05, 0) is 31.4 Å². The van der Waals surface area contributed by atoms with Crippen molar-refractivity contribution in [1.82, 2.24) is 14.8 Å². The normalized spacial score (nSPS) is 20.0. The molecule has 0 spiro atoms. The molecule has 2 saturated heterocycles. The van der Waals surface area contributed by atoms with E-state index in [1.165, 1.54) is 0 Å². The molecule has 6 heteroatoms. The first-order chi connectivity index (χ1) is 11.8. The van der Waals surface area contributed by atoms with Crippen LogP contribution in [0.15, 0.2) is 24.5 Å². The van der Waals surface area contributed by atoms with E-state index in [2.05, 4.69) is 14.8 Å². The first kappa shape index (κ1) is 17.3. The van der Waals surface area contributed by atoms with Gasteiger partial charge in [0.05, 0.1) is 13.2 Å². The molecule has 0 aliphatic carbocycles. The third-order valence-electron chi connectivity index (χ3n) is 4.80. The minimum Gasteiger partial charge on any atom is -0.381 e. The highest BCUT2D eigenvalue weighted by molar-refractivity contribution is 5.94. The van der Waals surface area contributed by atoms with Crippen LogP contribution >= 0.6 is 0 Å². The molecule has 2 fully saturated rings. The topological polar surface area (TPSA) is 54.9 Å². The number of rotatable bonds is 6. The molecule has 6 nitrogen and oxygen atoms in total. The van der Waals surface area contributed by atoms with E-state index >= 15 is 0 Å². The molecule has 1 aromatic rings. The van der Waals surface area contributed by atoms with Crippen molar-refractivity contribution in [3.63, 3.8) is 0 Å². The fraction of sp³-hybridized carbons (Fsp3) is 0.667. The Balaban J connectivity index is 1.59. The lowest BCUT2D eigenvalue weighted by atomic mass is 10.1. The maximum Gasteiger partial charge on any atom is 0.254 e. The van der Waals surface area contributed by atoms with Gasteiger partial charge in [-0.3, -0.25) is 14.7 Å². The Hall–Kier alpha value is -1.50. The second-order valence-electron chi connectivity index (χ2n) is 6.39. The number of hydrogen-bond acceptors (Lipinski definition) is 5. The fourth-order valence-electron chi connectivity index (χ4n) is 3.40. The summed E-state index contributed by atoms with van der Waals surface area (Å²) in [6.45, 7) is 6.93. The lowest BCUT2D eigenvalue weighted by molar-refractivity contribution is 0.0223. The first-order valence-electron chi connectivity index (χ1n) is 8.93. The van der Waals surface area contributed by atoms with Crippen molar-refractivity contribution in [3.05, 3.63) is 30.1 Å². The Morgan fingerprint density at radius 2 is 1.79 bits per heavy atom. The molecule has 3 heterocycles. The van der Waals surface area contributed by atoms with Gasteiger partial charge in [-0.15, -0.1) is 0 Å². The van der Waals surface area contributed by atoms with E-state index in [0.29, 0.717) is 0 Å². The Bertz CT molecular complexity index is 499. The minimum atomic E-state index is 0.117. The SMILES string of the molecule is O=C(c1ccncc1)N(CCCN1CCOCC1)C1CCOCC1. The number of aromatic nitrogens is 1. The highest BCUT2D eigenvalue weighted by Crippen LogP contribution is 2.18. The van der Waals surface area contributed by atoms with E-state index in [4.69, 9.17) is 9.47 Å². The van der Waals surface area contributed by atoms with Crippen molar-refractivity contribution in [3.8, 4) is 0 Å². The standard InChI is InChI=1S/C18H27N3O3/c22-18(16-2-6-19-7-3-16)21(17-4-12-23-13-5-17)9-1-8-20-10-14-24-15-11-20/h2-3,6-7,17H,1,4-5,8-15H2. The summed E-state index contributed by atoms with van der Waals surface area (Å²) in [5.74, 6) is 0.117. The van der Waals surface area contributed by atoms with Crippen molar-refractivity contribution in [2.24, 2.45) is 0 Å². The average molecular weight is 333 g/mol. The molecule has 3 rings (SSSR count). The molecular formula is C18H27N3O3. The van der Waals surface area contributed by atoms with E-state index < -0.39 is 0 Å². The van der Waals surface area contributed by atoms with Gasteiger partial charge >= 0.3 is 0 Å². The van der Waals surface area contributed by atoms with Gasteiger partial charge in [-0.1, -0.05) is 0 Å². The maximum atomic E-state index is 12.9. The number of hydrogen-bond donors (Lipinski definition) is 0. The molecular weight excluding hydrogens is 306 g/mol. The summed E-state index contributed by atoms with van der Waals surface area (Å²) >= 11 is 0. The van der Waals surface area contributed by atoms with E-state index in [-0.39, 0.29) is 11.9 Å². The second kappa shape index (κ2) is 9.11. The van der Waals surface area contributed by atoms with Crippen molar-refractivity contribution in [1.29, 1.82) is 0 Å². The zero-order valence-corrected chi connectivity index (χ0v) is 14.2. The summed E-state index contributed by atoms with van der Waals surface area (Å²) in [4.78, 5) is 21.4. The minimum absolute atomic E-state index is 0.117. The molecule has 0 aromatic carbocycles. The lowest BCUT2D eigenvalue weighted by Crippen LogP contribution is -2.45. The third-order valence-corrected chi connectivity index (χ3v) is 4.80. The largest absolute Gasteiger partial charge is 0.381 e. The number of carbonyl (C=O) groups is 1. The fourth-order valence-corrected chi connectivity index (χ4v) is 3.40. The Morgan fingerprint density at radius 1 is 1.12 bits per heavy atom. The van der Waals surface area contributed by atoms with Gasteiger partial charge in [0.1, 0.15) is 0 Å². The van der Waals surface area contributed by atoms with E-state index in [9.17, 15) is 4.79 Å². The van der Waals surface area contributed by atoms with Crippen LogP contribution in [0.4, 0.5) is 0 Å². The number of morpholine rings is 1. The predicted octanol–water partition coefficient (Wildman–Crippen LogP) is 1.43. The Kier molecular flexibility index (Phi) is 6.57. The molecule has 0 N–H and O–H groups in total. The predicted molar refractivity (Wildman–Crippen MR) is 91.0 cm³/mol. The molecule has 0 atom stereocenters. The van der Waals surface area contributed by atoms with Crippen molar-refractivity contribution < 1.29 is 14.3 Å². The van der Waals surface area contributed by atoms with Gasteiger partial charge in [-0.25, -0.2) is 0 Å². The Labute approximate surface area is 143 Å². The van der Waals surface area contributed by atoms with E-state index in [1.807, 2.05) is 0 Å². The van der Waals surface area contributed by atoms with Crippen LogP contribution in [0.1, 0.15) is 29.6 Å². The molecule has 0 bridgehead atoms. The third kappa shape index (κ3) is 4.75. The number of carbonyl (C=O) groups excluding carboxylic acids is 1. The molecule has 132 valence electrons. The number of ether oxygens (including phenoxy) is 2. The van der Waals surface area contributed by atoms with E-state index in [0.717, 1.165) is 77.4 Å². The molecule has 24 heavy (non-hydrogen) atoms. The number of amides is 1. The number of pyridine rings is 1. The summed E-state index contributed by atoms with van der Waals surface area (Å²) in [5, 5.41) is 0. The van der Waals surface area contributed by atoms with Crippen LogP contribution in [-0.2, 0) is 9.47 Å². The van der Waals surface area contributed by atoms with Gasteiger partial charge < -0.3 is 14.4 Å². The smallest absolute Gasteiger partial charge is 0.254 e. The van der Waals surface area contributed by atoms with Crippen LogP contribution in [0.5, 0.6) is 0 Å². The first-order valence-corrected chi connectivity index (χ1v) is 8.93. The van der Waals surface area contributed by atoms with Crippen LogP contribution in [0, 0.1) is 0 Å². The monoisotopic (exact) mass is 333 g/mol. The van der Waals surface area contributed by atoms with Crippen molar-refractivity contribution in [2.75, 3.05) is 52.6 Å². The van der Waals surface area contributed by atoms with Crippen LogP contribution in [0.2, 0.25) is 0 Å². The van der Waals surface area contributed by atoms with Crippen LogP contribution in [0.25, 0.3) is 0 Å². The molecule has 0 radical (unpaired) electrons. The average Bonchev–Trinajstić information content (AvgIpc) is 2.67. The van der Waals surface area contributed by atoms with Crippen LogP contribution in [0.3, 0.4) is 0 Å². The van der Waals surface area contributed by atoms with Crippen LogP contribution < -0.4 is 0 Å². The van der Waals surface area contributed by atoms with Gasteiger partial charge in [0.2, 0.25) is 0 Å². The summed E-state index contributed by atoms with van der Waals surface area (Å²) < 4.78 is 10.9. The summed E-state index contributed by atoms with van der Waals surface area (Å²) in [7, 11) is 0. The molecule has 0 unspecified atom stereocenters. The van der Waals surface area contributed by atoms with Gasteiger partial charge in [0.15, 0.2) is 0 Å². The summed E-state index contributed by atoms with van der Waals surface area (Å²) in [6.07, 6.45) is 6.21. The number of nitrogens with zero attached hydrogens (tertiary/aromatic N) is 3. The van der Waals surface area contributed by atoms with E-state index in [1.54, 1.807) is 24.5 Å². The highest BCUT2D eigenvalue weighted by Gasteiger charge is 2.26. The van der Waals surface area contributed by atoms with Crippen molar-refractivity contribution >= 4 is 5.91 Å². The Morgan fingerprint density at radius 3 is 2.50 bits per heavy atom. The van der Waals surface area contributed by atoms with Crippen LogP contribution in [-0.4, -0.2) is 79.3 Å². The lowest BCUT2D eigenvalue weighted by Gasteiger charge is -2.35. The van der Waals surface area contributed by atoms with Gasteiger partial charge in [-0.2, -0.15) is 0 Å². The quantitative estimate of drug-likeness (QED) is 0.788. The maximum absolute atomic E-state index is 12.9.